The second-order valence-electron chi connectivity index (χ2n) is 13.1. The van der Waals surface area contributed by atoms with Gasteiger partial charge in [0.05, 0.1) is 37.5 Å². The molecular weight excluding hydrogens is 578 g/mol. The van der Waals surface area contributed by atoms with Crippen LogP contribution in [0, 0.1) is 6.92 Å². The number of anilines is 2. The SMILES string of the molecule is C=CC(=O)N1CCN(c2cc(C(=O)N[C@H]3COC[C@@H]3N3CCN(C)CC3)nc3c2CCN(c2cccc4cccc(C)c24)C3)CC1. The number of amides is 2. The third-order valence-corrected chi connectivity index (χ3v) is 10.3. The van der Waals surface area contributed by atoms with Crippen LogP contribution in [0.15, 0.2) is 55.1 Å². The monoisotopic (exact) mass is 623 g/mol. The van der Waals surface area contributed by atoms with Crippen molar-refractivity contribution in [2.24, 2.45) is 0 Å². The van der Waals surface area contributed by atoms with Crippen molar-refractivity contribution in [3.8, 4) is 0 Å². The van der Waals surface area contributed by atoms with Gasteiger partial charge in [0.1, 0.15) is 5.69 Å². The van der Waals surface area contributed by atoms with Crippen LogP contribution in [0.1, 0.15) is 27.3 Å². The van der Waals surface area contributed by atoms with Gasteiger partial charge < -0.3 is 29.7 Å². The molecule has 5 heterocycles. The minimum Gasteiger partial charge on any atom is -0.378 e. The number of carbonyl (C=O) groups is 2. The predicted octanol–water partition coefficient (Wildman–Crippen LogP) is 2.69. The van der Waals surface area contributed by atoms with E-state index in [-0.39, 0.29) is 23.9 Å². The Morgan fingerprint density at radius 1 is 0.935 bits per heavy atom. The van der Waals surface area contributed by atoms with Gasteiger partial charge in [0.15, 0.2) is 0 Å². The van der Waals surface area contributed by atoms with E-state index in [2.05, 4.69) is 81.9 Å². The summed E-state index contributed by atoms with van der Waals surface area (Å²) in [6.07, 6.45) is 2.22. The number of piperazine rings is 2. The van der Waals surface area contributed by atoms with Crippen molar-refractivity contribution in [1.82, 2.24) is 25.0 Å². The number of hydrogen-bond donors (Lipinski definition) is 1. The summed E-state index contributed by atoms with van der Waals surface area (Å²) in [4.78, 5) is 42.7. The first-order valence-corrected chi connectivity index (χ1v) is 16.6. The topological polar surface area (TPSA) is 84.5 Å². The highest BCUT2D eigenvalue weighted by atomic mass is 16.5. The van der Waals surface area contributed by atoms with E-state index >= 15 is 0 Å². The van der Waals surface area contributed by atoms with Gasteiger partial charge in [-0.05, 0) is 49.6 Å². The van der Waals surface area contributed by atoms with Crippen LogP contribution in [-0.4, -0.2) is 123 Å². The van der Waals surface area contributed by atoms with Crippen LogP contribution in [0.2, 0.25) is 0 Å². The van der Waals surface area contributed by atoms with Crippen molar-refractivity contribution < 1.29 is 14.3 Å². The lowest BCUT2D eigenvalue weighted by atomic mass is 9.97. The van der Waals surface area contributed by atoms with E-state index in [1.54, 1.807) is 0 Å². The zero-order valence-electron chi connectivity index (χ0n) is 27.1. The lowest BCUT2D eigenvalue weighted by Gasteiger charge is -2.39. The number of carbonyl (C=O) groups excluding carboxylic acids is 2. The van der Waals surface area contributed by atoms with E-state index in [9.17, 15) is 9.59 Å². The second-order valence-corrected chi connectivity index (χ2v) is 13.1. The van der Waals surface area contributed by atoms with E-state index < -0.39 is 0 Å². The second kappa shape index (κ2) is 13.0. The molecule has 0 unspecified atom stereocenters. The lowest BCUT2D eigenvalue weighted by Crippen LogP contribution is -2.56. The van der Waals surface area contributed by atoms with Crippen LogP contribution in [0.5, 0.6) is 0 Å². The van der Waals surface area contributed by atoms with Gasteiger partial charge in [-0.25, -0.2) is 4.98 Å². The Kier molecular flexibility index (Phi) is 8.68. The Bertz CT molecular complexity index is 1620. The van der Waals surface area contributed by atoms with E-state index in [0.29, 0.717) is 51.6 Å². The van der Waals surface area contributed by atoms with Crippen LogP contribution >= 0.6 is 0 Å². The van der Waals surface area contributed by atoms with Gasteiger partial charge >= 0.3 is 0 Å². The van der Waals surface area contributed by atoms with Gasteiger partial charge in [0.2, 0.25) is 5.91 Å². The number of rotatable bonds is 6. The molecule has 10 nitrogen and oxygen atoms in total. The number of hydrogen-bond acceptors (Lipinski definition) is 8. The number of nitrogens with zero attached hydrogens (tertiary/aromatic N) is 6. The molecule has 2 aromatic carbocycles. The summed E-state index contributed by atoms with van der Waals surface area (Å²) in [7, 11) is 2.15. The maximum atomic E-state index is 14.0. The van der Waals surface area contributed by atoms with Crippen LogP contribution in [0.4, 0.5) is 11.4 Å². The van der Waals surface area contributed by atoms with Crippen molar-refractivity contribution >= 4 is 34.0 Å². The van der Waals surface area contributed by atoms with Gasteiger partial charge in [-0.1, -0.05) is 36.9 Å². The molecule has 1 N–H and O–H groups in total. The molecule has 4 aliphatic heterocycles. The third kappa shape index (κ3) is 5.97. The average molecular weight is 624 g/mol. The maximum absolute atomic E-state index is 14.0. The molecule has 2 amide bonds. The summed E-state index contributed by atoms with van der Waals surface area (Å²) < 4.78 is 5.90. The molecule has 242 valence electrons. The minimum atomic E-state index is -0.155. The molecule has 0 radical (unpaired) electrons. The first-order valence-electron chi connectivity index (χ1n) is 16.6. The van der Waals surface area contributed by atoms with E-state index in [1.165, 1.54) is 33.7 Å². The van der Waals surface area contributed by atoms with E-state index in [4.69, 9.17) is 9.72 Å². The lowest BCUT2D eigenvalue weighted by molar-refractivity contribution is -0.126. The normalized spacial score (nSPS) is 22.6. The Morgan fingerprint density at radius 2 is 1.70 bits per heavy atom. The first kappa shape index (κ1) is 30.7. The van der Waals surface area contributed by atoms with Crippen LogP contribution in [-0.2, 0) is 22.5 Å². The van der Waals surface area contributed by atoms with Crippen LogP contribution in [0.25, 0.3) is 10.8 Å². The number of benzene rings is 2. The molecule has 0 bridgehead atoms. The molecule has 0 spiro atoms. The summed E-state index contributed by atoms with van der Waals surface area (Å²) in [5.41, 5.74) is 6.11. The number of aryl methyl sites for hydroxylation is 1. The number of fused-ring (bicyclic) bond motifs is 2. The summed E-state index contributed by atoms with van der Waals surface area (Å²) in [6, 6.07) is 15.0. The molecule has 1 aromatic heterocycles. The Balaban J connectivity index is 1.18. The smallest absolute Gasteiger partial charge is 0.270 e. The van der Waals surface area contributed by atoms with Crippen molar-refractivity contribution in [3.05, 3.63) is 77.6 Å². The van der Waals surface area contributed by atoms with Crippen LogP contribution in [0.3, 0.4) is 0 Å². The third-order valence-electron chi connectivity index (χ3n) is 10.3. The summed E-state index contributed by atoms with van der Waals surface area (Å²) >= 11 is 0. The highest BCUT2D eigenvalue weighted by Gasteiger charge is 2.36. The van der Waals surface area contributed by atoms with Crippen molar-refractivity contribution in [2.75, 3.05) is 89.0 Å². The van der Waals surface area contributed by atoms with Gasteiger partial charge in [-0.15, -0.1) is 0 Å². The van der Waals surface area contributed by atoms with Gasteiger partial charge in [0, 0.05) is 81.2 Å². The average Bonchev–Trinajstić information content (AvgIpc) is 3.55. The Morgan fingerprint density at radius 3 is 2.46 bits per heavy atom. The fourth-order valence-electron chi connectivity index (χ4n) is 7.63. The molecular formula is C36H45N7O3. The predicted molar refractivity (Wildman–Crippen MR) is 182 cm³/mol. The van der Waals surface area contributed by atoms with Crippen LogP contribution < -0.4 is 15.1 Å². The number of ether oxygens (including phenoxy) is 1. The summed E-state index contributed by atoms with van der Waals surface area (Å²) in [6.45, 7) is 15.1. The zero-order valence-corrected chi connectivity index (χ0v) is 27.1. The molecule has 4 aliphatic rings. The molecule has 46 heavy (non-hydrogen) atoms. The molecule has 0 saturated carbocycles. The van der Waals surface area contributed by atoms with E-state index in [1.807, 2.05) is 11.0 Å². The minimum absolute atomic E-state index is 0.0359. The molecule has 3 saturated heterocycles. The Labute approximate surface area is 271 Å². The quantitative estimate of drug-likeness (QED) is 0.420. The maximum Gasteiger partial charge on any atom is 0.270 e. The fourth-order valence-corrected chi connectivity index (χ4v) is 7.63. The van der Waals surface area contributed by atoms with E-state index in [0.717, 1.165) is 50.5 Å². The zero-order chi connectivity index (χ0) is 31.8. The first-order chi connectivity index (χ1) is 22.4. The Hall–Kier alpha value is -3.99. The van der Waals surface area contributed by atoms with Crippen molar-refractivity contribution in [3.63, 3.8) is 0 Å². The highest BCUT2D eigenvalue weighted by Crippen LogP contribution is 2.36. The largest absolute Gasteiger partial charge is 0.378 e. The summed E-state index contributed by atoms with van der Waals surface area (Å²) in [5, 5.41) is 5.81. The van der Waals surface area contributed by atoms with Gasteiger partial charge in [0.25, 0.3) is 5.91 Å². The number of aromatic nitrogens is 1. The number of nitrogens with one attached hydrogen (secondary N) is 1. The molecule has 3 aromatic rings. The summed E-state index contributed by atoms with van der Waals surface area (Å²) in [5.74, 6) is -0.191. The number of pyridine rings is 1. The van der Waals surface area contributed by atoms with Crippen molar-refractivity contribution in [2.45, 2.75) is 32.0 Å². The number of likely N-dealkylation sites (N-methyl/N-ethyl adjacent to an activating group) is 1. The standard InChI is InChI=1S/C36H45N7O3/c1-4-34(44)42-19-17-40(18-20-42)32-21-28(36(45)38-30-23-46-24-33(30)41-15-13-39(3)14-16-41)37-29-22-43(12-11-27(29)32)31-10-6-9-26-8-5-7-25(2)35(26)31/h4-10,21,30,33H,1,11-20,22-24H2,2-3H3,(H,38,45)/t30-,33-/m0/s1. The molecule has 3 fully saturated rings. The fraction of sp³-hybridized carbons (Fsp3) is 0.472. The highest BCUT2D eigenvalue weighted by molar-refractivity contribution is 5.97. The molecule has 2 atom stereocenters. The molecule has 7 rings (SSSR count). The molecule has 0 aliphatic carbocycles. The van der Waals surface area contributed by atoms with Gasteiger partial charge in [-0.2, -0.15) is 0 Å². The van der Waals surface area contributed by atoms with Gasteiger partial charge in [-0.3, -0.25) is 14.5 Å². The molecule has 10 heteroatoms. The van der Waals surface area contributed by atoms with Crippen molar-refractivity contribution in [1.29, 1.82) is 0 Å².